The second-order valence-corrected chi connectivity index (χ2v) is 11.8. The average Bonchev–Trinajstić information content (AvgIpc) is 3.31. The van der Waals surface area contributed by atoms with Crippen molar-refractivity contribution in [3.8, 4) is 28.7 Å². The first-order chi connectivity index (χ1) is 20.0. The average molecular weight is 590 g/mol. The number of aromatic nitrogens is 3. The Morgan fingerprint density at radius 2 is 1.88 bits per heavy atom. The molecule has 2 aromatic carbocycles. The first kappa shape index (κ1) is 27.7. The van der Waals surface area contributed by atoms with E-state index in [4.69, 9.17) is 4.74 Å². The standard InChI is InChI=1S/C30H28FN5O5S/c1-17(2)40-27-13-24-26(12-23(27)19-11-21(16-33-15-19)41-42(31,38)39)36(20-6-8-35(3)9-7-20)30-28(29(24)37)22-5-4-18(14-32)10-25(22)34-30/h4-5,10-13,15-17,20,34H,6-9H2,1-3H3. The fraction of sp³-hybridized carbons (Fsp3) is 0.300. The normalized spacial score (nSPS) is 15.0. The van der Waals surface area contributed by atoms with E-state index in [9.17, 15) is 22.4 Å². The molecule has 0 aliphatic carbocycles. The Hall–Kier alpha value is -4.47. The summed E-state index contributed by atoms with van der Waals surface area (Å²) in [5, 5.41) is 11.2. The van der Waals surface area contributed by atoms with Crippen LogP contribution in [0.2, 0.25) is 0 Å². The zero-order valence-corrected chi connectivity index (χ0v) is 24.0. The molecule has 0 amide bonds. The molecule has 42 heavy (non-hydrogen) atoms. The van der Waals surface area contributed by atoms with Crippen LogP contribution in [0.25, 0.3) is 44.0 Å². The lowest BCUT2D eigenvalue weighted by molar-refractivity contribution is 0.226. The molecule has 1 fully saturated rings. The Balaban J connectivity index is 1.70. The highest BCUT2D eigenvalue weighted by Gasteiger charge is 2.26. The fourth-order valence-corrected chi connectivity index (χ4v) is 6.13. The van der Waals surface area contributed by atoms with Crippen molar-refractivity contribution in [3.05, 3.63) is 64.6 Å². The van der Waals surface area contributed by atoms with E-state index in [0.717, 1.165) is 37.5 Å². The van der Waals surface area contributed by atoms with Gasteiger partial charge in [-0.25, -0.2) is 0 Å². The number of hydrogen-bond acceptors (Lipinski definition) is 8. The van der Waals surface area contributed by atoms with E-state index in [1.807, 2.05) is 19.9 Å². The van der Waals surface area contributed by atoms with Gasteiger partial charge in [-0.3, -0.25) is 9.78 Å². The van der Waals surface area contributed by atoms with Gasteiger partial charge in [0.15, 0.2) is 11.2 Å². The molecule has 0 bridgehead atoms. The molecule has 0 atom stereocenters. The number of halogens is 1. The van der Waals surface area contributed by atoms with Crippen molar-refractivity contribution in [2.45, 2.75) is 38.8 Å². The van der Waals surface area contributed by atoms with Crippen LogP contribution in [0.5, 0.6) is 11.5 Å². The fourth-order valence-electron chi connectivity index (χ4n) is 5.80. The molecule has 3 aromatic heterocycles. The predicted octanol–water partition coefficient (Wildman–Crippen LogP) is 5.22. The summed E-state index contributed by atoms with van der Waals surface area (Å²) in [5.41, 5.74) is 3.27. The summed E-state index contributed by atoms with van der Waals surface area (Å²) in [7, 11) is -3.18. The highest BCUT2D eigenvalue weighted by atomic mass is 32.3. The number of aromatic amines is 1. The molecule has 1 aliphatic heterocycles. The van der Waals surface area contributed by atoms with E-state index in [2.05, 4.69) is 36.7 Å². The number of nitriles is 1. The summed E-state index contributed by atoms with van der Waals surface area (Å²) in [6, 6.07) is 12.4. The van der Waals surface area contributed by atoms with Crippen molar-refractivity contribution >= 4 is 43.3 Å². The quantitative estimate of drug-likeness (QED) is 0.267. The molecule has 5 aromatic rings. The van der Waals surface area contributed by atoms with Gasteiger partial charge in [-0.15, -0.1) is 0 Å². The maximum atomic E-state index is 14.2. The number of fused-ring (bicyclic) bond motifs is 4. The van der Waals surface area contributed by atoms with Crippen LogP contribution < -0.4 is 14.3 Å². The van der Waals surface area contributed by atoms with Crippen LogP contribution in [0.15, 0.2) is 53.6 Å². The van der Waals surface area contributed by atoms with Gasteiger partial charge >= 0.3 is 10.5 Å². The SMILES string of the molecule is CC(C)Oc1cc2c(=O)c3c4ccc(C#N)cc4[nH]c3n(C3CCN(C)CC3)c2cc1-c1cncc(OS(=O)(=O)F)c1. The number of likely N-dealkylation sites (tertiary alicyclic amines) is 1. The Bertz CT molecular complexity index is 2070. The molecule has 216 valence electrons. The van der Waals surface area contributed by atoms with Crippen LogP contribution in [0.1, 0.15) is 38.3 Å². The lowest BCUT2D eigenvalue weighted by Crippen LogP contribution is -2.32. The Morgan fingerprint density at radius 1 is 1.12 bits per heavy atom. The number of pyridine rings is 2. The third-order valence-electron chi connectivity index (χ3n) is 7.61. The topological polar surface area (TPSA) is 130 Å². The minimum atomic E-state index is -5.26. The molecule has 0 spiro atoms. The molecule has 4 heterocycles. The van der Waals surface area contributed by atoms with Gasteiger partial charge in [0.1, 0.15) is 11.4 Å². The largest absolute Gasteiger partial charge is 0.490 e. The second kappa shape index (κ2) is 10.4. The van der Waals surface area contributed by atoms with E-state index < -0.39 is 10.5 Å². The van der Waals surface area contributed by atoms with Gasteiger partial charge in [-0.05, 0) is 77.2 Å². The molecule has 1 N–H and O–H groups in total. The van der Waals surface area contributed by atoms with E-state index in [0.29, 0.717) is 49.9 Å². The summed E-state index contributed by atoms with van der Waals surface area (Å²) in [5.74, 6) is 0.0928. The van der Waals surface area contributed by atoms with Gasteiger partial charge in [-0.2, -0.15) is 13.7 Å². The van der Waals surface area contributed by atoms with E-state index >= 15 is 0 Å². The number of ether oxygens (including phenoxy) is 1. The van der Waals surface area contributed by atoms with Gasteiger partial charge in [0, 0.05) is 34.3 Å². The van der Waals surface area contributed by atoms with Crippen LogP contribution in [0.4, 0.5) is 3.89 Å². The number of nitrogens with zero attached hydrogens (tertiary/aromatic N) is 4. The molecule has 0 radical (unpaired) electrons. The molecule has 0 saturated carbocycles. The van der Waals surface area contributed by atoms with Crippen molar-refractivity contribution in [1.29, 1.82) is 5.26 Å². The maximum absolute atomic E-state index is 14.2. The van der Waals surface area contributed by atoms with Gasteiger partial charge in [0.2, 0.25) is 0 Å². The summed E-state index contributed by atoms with van der Waals surface area (Å²) in [4.78, 5) is 24.0. The maximum Gasteiger partial charge on any atom is 0.488 e. The third-order valence-corrected chi connectivity index (χ3v) is 8.01. The lowest BCUT2D eigenvalue weighted by Gasteiger charge is -2.32. The molecule has 10 nitrogen and oxygen atoms in total. The molecule has 6 rings (SSSR count). The van der Waals surface area contributed by atoms with Crippen LogP contribution in [-0.2, 0) is 10.5 Å². The van der Waals surface area contributed by atoms with Crippen molar-refractivity contribution in [3.63, 3.8) is 0 Å². The number of rotatable bonds is 6. The smallest absolute Gasteiger partial charge is 0.488 e. The molecule has 1 aliphatic rings. The van der Waals surface area contributed by atoms with E-state index in [-0.39, 0.29) is 23.3 Å². The highest BCUT2D eigenvalue weighted by molar-refractivity contribution is 7.81. The summed E-state index contributed by atoms with van der Waals surface area (Å²) in [6.45, 7) is 5.46. The molecule has 12 heteroatoms. The van der Waals surface area contributed by atoms with Crippen molar-refractivity contribution in [2.75, 3.05) is 20.1 Å². The second-order valence-electron chi connectivity index (χ2n) is 10.9. The molecular formula is C30H28FN5O5S. The van der Waals surface area contributed by atoms with Crippen LogP contribution in [0.3, 0.4) is 0 Å². The third kappa shape index (κ3) is 5.06. The molecule has 1 saturated heterocycles. The first-order valence-corrected chi connectivity index (χ1v) is 14.9. The zero-order chi connectivity index (χ0) is 29.8. The summed E-state index contributed by atoms with van der Waals surface area (Å²) >= 11 is 0. The van der Waals surface area contributed by atoms with E-state index in [1.54, 1.807) is 24.3 Å². The van der Waals surface area contributed by atoms with Gasteiger partial charge in [0.25, 0.3) is 0 Å². The highest BCUT2D eigenvalue weighted by Crippen LogP contribution is 2.39. The minimum absolute atomic E-state index is 0.0597. The Labute approximate surface area is 241 Å². The van der Waals surface area contributed by atoms with Crippen molar-refractivity contribution in [2.24, 2.45) is 0 Å². The number of nitrogens with one attached hydrogen (secondary N) is 1. The molecule has 0 unspecified atom stereocenters. The van der Waals surface area contributed by atoms with Gasteiger partial charge in [-0.1, -0.05) is 9.95 Å². The minimum Gasteiger partial charge on any atom is -0.490 e. The van der Waals surface area contributed by atoms with Crippen LogP contribution in [-0.4, -0.2) is 54.1 Å². The summed E-state index contributed by atoms with van der Waals surface area (Å²) < 4.78 is 48.4. The summed E-state index contributed by atoms with van der Waals surface area (Å²) in [6.07, 6.45) is 4.04. The Kier molecular flexibility index (Phi) is 6.87. The van der Waals surface area contributed by atoms with Crippen LogP contribution >= 0.6 is 0 Å². The first-order valence-electron chi connectivity index (χ1n) is 13.5. The van der Waals surface area contributed by atoms with Crippen molar-refractivity contribution in [1.82, 2.24) is 19.4 Å². The lowest BCUT2D eigenvalue weighted by atomic mass is 9.99. The zero-order valence-electron chi connectivity index (χ0n) is 23.2. The van der Waals surface area contributed by atoms with Gasteiger partial charge < -0.3 is 23.4 Å². The number of benzene rings is 2. The number of H-pyrrole nitrogens is 1. The monoisotopic (exact) mass is 589 g/mol. The molecular weight excluding hydrogens is 561 g/mol. The number of piperidine rings is 1. The van der Waals surface area contributed by atoms with E-state index in [1.165, 1.54) is 12.3 Å². The number of hydrogen-bond donors (Lipinski definition) is 1. The predicted molar refractivity (Wildman–Crippen MR) is 158 cm³/mol. The Morgan fingerprint density at radius 3 is 2.57 bits per heavy atom. The van der Waals surface area contributed by atoms with Gasteiger partial charge in [0.05, 0.1) is 40.2 Å². The van der Waals surface area contributed by atoms with Crippen molar-refractivity contribution < 1.29 is 21.2 Å². The van der Waals surface area contributed by atoms with Crippen LogP contribution in [0, 0.1) is 11.3 Å².